The lowest BCUT2D eigenvalue weighted by Gasteiger charge is -2.04. The number of rotatable bonds is 6. The van der Waals surface area contributed by atoms with Crippen molar-refractivity contribution in [3.05, 3.63) is 78.4 Å². The largest absolute Gasteiger partial charge is 0.436 e. The fraction of sp³-hybridized carbons (Fsp3) is 0.136. The van der Waals surface area contributed by atoms with Gasteiger partial charge in [0.2, 0.25) is 5.89 Å². The first-order valence-electron chi connectivity index (χ1n) is 8.70. The molecule has 0 unspecified atom stereocenters. The highest BCUT2D eigenvalue weighted by molar-refractivity contribution is 5.82. The van der Waals surface area contributed by atoms with E-state index in [0.717, 1.165) is 33.4 Å². The maximum absolute atomic E-state index is 8.87. The quantitative estimate of drug-likeness (QED) is 0.514. The second-order valence-electron chi connectivity index (χ2n) is 6.17. The van der Waals surface area contributed by atoms with Gasteiger partial charge >= 0.3 is 0 Å². The topological polar surface area (TPSA) is 58.3 Å². The molecule has 0 amide bonds. The van der Waals surface area contributed by atoms with Gasteiger partial charge in [-0.15, -0.1) is 0 Å². The zero-order chi connectivity index (χ0) is 17.8. The van der Waals surface area contributed by atoms with Gasteiger partial charge in [-0.05, 0) is 41.0 Å². The molecular formula is C22H20N2O2. The normalized spacial score (nSPS) is 11.1. The Hall–Kier alpha value is -2.95. The van der Waals surface area contributed by atoms with E-state index >= 15 is 0 Å². The van der Waals surface area contributed by atoms with Gasteiger partial charge in [0.15, 0.2) is 5.58 Å². The number of nitrogens with one attached hydrogen (secondary N) is 1. The Kier molecular flexibility index (Phi) is 4.78. The molecule has 1 heterocycles. The standard InChI is InChI=1S/C22H20N2O2/c25-12-11-23-15-16-5-4-8-19(13-16)22-24-20-10-9-18(14-21(20)26-22)17-6-2-1-3-7-17/h1-10,13-14,23,25H,11-12,15H2. The van der Waals surface area contributed by atoms with Gasteiger partial charge in [0.1, 0.15) is 5.52 Å². The highest BCUT2D eigenvalue weighted by Gasteiger charge is 2.10. The summed E-state index contributed by atoms with van der Waals surface area (Å²) in [6, 6.07) is 24.4. The summed E-state index contributed by atoms with van der Waals surface area (Å²) in [6.45, 7) is 1.41. The SMILES string of the molecule is OCCNCc1cccc(-c2nc3ccc(-c4ccccc4)cc3o2)c1. The number of nitrogens with zero attached hydrogens (tertiary/aromatic N) is 1. The van der Waals surface area contributed by atoms with E-state index in [0.29, 0.717) is 19.0 Å². The van der Waals surface area contributed by atoms with Crippen LogP contribution in [0.2, 0.25) is 0 Å². The van der Waals surface area contributed by atoms with Gasteiger partial charge < -0.3 is 14.8 Å². The van der Waals surface area contributed by atoms with Crippen molar-refractivity contribution < 1.29 is 9.52 Å². The summed E-state index contributed by atoms with van der Waals surface area (Å²) in [4.78, 5) is 4.63. The minimum absolute atomic E-state index is 0.133. The lowest BCUT2D eigenvalue weighted by molar-refractivity contribution is 0.292. The molecule has 3 aromatic carbocycles. The number of fused-ring (bicyclic) bond motifs is 1. The molecule has 0 saturated heterocycles. The summed E-state index contributed by atoms with van der Waals surface area (Å²) in [5.41, 5.74) is 5.98. The number of benzene rings is 3. The number of oxazole rings is 1. The Morgan fingerprint density at radius 3 is 2.54 bits per heavy atom. The Morgan fingerprint density at radius 1 is 0.846 bits per heavy atom. The van der Waals surface area contributed by atoms with Crippen molar-refractivity contribution >= 4 is 11.1 Å². The molecule has 0 spiro atoms. The first-order valence-corrected chi connectivity index (χ1v) is 8.70. The molecule has 0 saturated carbocycles. The van der Waals surface area contributed by atoms with E-state index in [1.165, 1.54) is 0 Å². The fourth-order valence-electron chi connectivity index (χ4n) is 2.98. The molecule has 26 heavy (non-hydrogen) atoms. The monoisotopic (exact) mass is 344 g/mol. The van der Waals surface area contributed by atoms with Gasteiger partial charge in [0.05, 0.1) is 6.61 Å². The molecule has 0 aliphatic carbocycles. The van der Waals surface area contributed by atoms with Gasteiger partial charge in [0, 0.05) is 18.7 Å². The minimum atomic E-state index is 0.133. The molecule has 4 aromatic rings. The summed E-state index contributed by atoms with van der Waals surface area (Å²) in [5.74, 6) is 0.620. The summed E-state index contributed by atoms with van der Waals surface area (Å²) in [7, 11) is 0. The van der Waals surface area contributed by atoms with Gasteiger partial charge in [-0.25, -0.2) is 4.98 Å². The van der Waals surface area contributed by atoms with Crippen LogP contribution in [-0.2, 0) is 6.54 Å². The number of hydrogen-bond donors (Lipinski definition) is 2. The van der Waals surface area contributed by atoms with Crippen LogP contribution >= 0.6 is 0 Å². The number of aliphatic hydroxyl groups is 1. The molecule has 0 atom stereocenters. The van der Waals surface area contributed by atoms with E-state index in [2.05, 4.69) is 34.6 Å². The zero-order valence-electron chi connectivity index (χ0n) is 14.4. The van der Waals surface area contributed by atoms with Crippen LogP contribution in [0, 0.1) is 0 Å². The Labute approximate surface area is 152 Å². The molecule has 130 valence electrons. The number of hydrogen-bond acceptors (Lipinski definition) is 4. The van der Waals surface area contributed by atoms with Gasteiger partial charge in [-0.1, -0.05) is 48.5 Å². The molecule has 4 rings (SSSR count). The average Bonchev–Trinajstić information content (AvgIpc) is 3.12. The van der Waals surface area contributed by atoms with Crippen molar-refractivity contribution in [2.45, 2.75) is 6.54 Å². The summed E-state index contributed by atoms with van der Waals surface area (Å²) in [6.07, 6.45) is 0. The van der Waals surface area contributed by atoms with E-state index in [1.54, 1.807) is 0 Å². The molecule has 0 fully saturated rings. The van der Waals surface area contributed by atoms with Crippen LogP contribution in [0.1, 0.15) is 5.56 Å². The number of aliphatic hydroxyl groups excluding tert-OH is 1. The molecule has 0 aliphatic rings. The van der Waals surface area contributed by atoms with Crippen molar-refractivity contribution in [1.29, 1.82) is 0 Å². The molecule has 0 radical (unpaired) electrons. The lowest BCUT2D eigenvalue weighted by Crippen LogP contribution is -2.17. The van der Waals surface area contributed by atoms with Crippen LogP contribution in [0.15, 0.2) is 77.2 Å². The number of aromatic nitrogens is 1. The van der Waals surface area contributed by atoms with E-state index in [9.17, 15) is 0 Å². The van der Waals surface area contributed by atoms with Crippen LogP contribution in [0.4, 0.5) is 0 Å². The van der Waals surface area contributed by atoms with Gasteiger partial charge in [0.25, 0.3) is 0 Å². The van der Waals surface area contributed by atoms with E-state index in [4.69, 9.17) is 9.52 Å². The first kappa shape index (κ1) is 16.5. The van der Waals surface area contributed by atoms with Crippen molar-refractivity contribution in [2.24, 2.45) is 0 Å². The summed E-state index contributed by atoms with van der Waals surface area (Å²) >= 11 is 0. The third-order valence-corrected chi connectivity index (χ3v) is 4.29. The van der Waals surface area contributed by atoms with Crippen LogP contribution in [0.25, 0.3) is 33.7 Å². The van der Waals surface area contributed by atoms with Crippen LogP contribution in [0.5, 0.6) is 0 Å². The van der Waals surface area contributed by atoms with Crippen LogP contribution in [0.3, 0.4) is 0 Å². The van der Waals surface area contributed by atoms with E-state index < -0.39 is 0 Å². The van der Waals surface area contributed by atoms with Crippen molar-refractivity contribution in [3.8, 4) is 22.6 Å². The Bertz CT molecular complexity index is 1010. The summed E-state index contributed by atoms with van der Waals surface area (Å²) < 4.78 is 6.03. The lowest BCUT2D eigenvalue weighted by atomic mass is 10.1. The third-order valence-electron chi connectivity index (χ3n) is 4.29. The van der Waals surface area contributed by atoms with Crippen molar-refractivity contribution in [2.75, 3.05) is 13.2 Å². The predicted octanol–water partition coefficient (Wildman–Crippen LogP) is 4.24. The van der Waals surface area contributed by atoms with Crippen molar-refractivity contribution in [3.63, 3.8) is 0 Å². The van der Waals surface area contributed by atoms with Gasteiger partial charge in [-0.3, -0.25) is 0 Å². The van der Waals surface area contributed by atoms with E-state index in [1.807, 2.05) is 48.5 Å². The Balaban J connectivity index is 1.64. The maximum Gasteiger partial charge on any atom is 0.227 e. The van der Waals surface area contributed by atoms with Crippen LogP contribution in [-0.4, -0.2) is 23.2 Å². The van der Waals surface area contributed by atoms with Crippen LogP contribution < -0.4 is 5.32 Å². The highest BCUT2D eigenvalue weighted by atomic mass is 16.3. The first-order chi connectivity index (χ1) is 12.8. The second-order valence-corrected chi connectivity index (χ2v) is 6.17. The van der Waals surface area contributed by atoms with Gasteiger partial charge in [-0.2, -0.15) is 0 Å². The average molecular weight is 344 g/mol. The minimum Gasteiger partial charge on any atom is -0.436 e. The highest BCUT2D eigenvalue weighted by Crippen LogP contribution is 2.28. The molecule has 1 aromatic heterocycles. The molecule has 4 nitrogen and oxygen atoms in total. The fourth-order valence-corrected chi connectivity index (χ4v) is 2.98. The van der Waals surface area contributed by atoms with E-state index in [-0.39, 0.29) is 6.61 Å². The maximum atomic E-state index is 8.87. The second kappa shape index (κ2) is 7.52. The van der Waals surface area contributed by atoms with Crippen molar-refractivity contribution in [1.82, 2.24) is 10.3 Å². The zero-order valence-corrected chi connectivity index (χ0v) is 14.4. The smallest absolute Gasteiger partial charge is 0.227 e. The Morgan fingerprint density at radius 2 is 1.69 bits per heavy atom. The molecule has 0 aliphatic heterocycles. The molecule has 2 N–H and O–H groups in total. The third kappa shape index (κ3) is 3.52. The molecule has 0 bridgehead atoms. The summed E-state index contributed by atoms with van der Waals surface area (Å²) in [5, 5.41) is 12.1. The molecule has 4 heteroatoms. The predicted molar refractivity (Wildman–Crippen MR) is 104 cm³/mol. The molecular weight excluding hydrogens is 324 g/mol.